The van der Waals surface area contributed by atoms with Crippen molar-refractivity contribution in [3.05, 3.63) is 34.5 Å². The standard InChI is InChI=1S/C15H21N5OS/c1-19-11-17-18-14(19)13-3-2-7-20(9-13)15(21)16-6-4-12-5-8-22-10-12/h5,8,10-11,13H,2-4,6-7,9H2,1H3,(H,16,21)/t13-/m0/s1. The summed E-state index contributed by atoms with van der Waals surface area (Å²) in [6, 6.07) is 2.13. The third kappa shape index (κ3) is 3.47. The molecule has 22 heavy (non-hydrogen) atoms. The van der Waals surface area contributed by atoms with Crippen molar-refractivity contribution in [3.63, 3.8) is 0 Å². The van der Waals surface area contributed by atoms with Gasteiger partial charge in [0.15, 0.2) is 0 Å². The van der Waals surface area contributed by atoms with Crippen molar-refractivity contribution in [3.8, 4) is 0 Å². The first-order valence-corrected chi connectivity index (χ1v) is 8.56. The molecule has 1 N–H and O–H groups in total. The second-order valence-corrected chi connectivity index (χ2v) is 6.48. The summed E-state index contributed by atoms with van der Waals surface area (Å²) >= 11 is 1.69. The zero-order valence-corrected chi connectivity index (χ0v) is 13.6. The molecule has 7 heteroatoms. The molecule has 2 aromatic heterocycles. The molecule has 6 nitrogen and oxygen atoms in total. The molecule has 0 aliphatic carbocycles. The summed E-state index contributed by atoms with van der Waals surface area (Å²) in [4.78, 5) is 14.2. The molecule has 0 unspecified atom stereocenters. The van der Waals surface area contributed by atoms with E-state index in [0.717, 1.165) is 38.2 Å². The molecule has 1 fully saturated rings. The number of nitrogens with one attached hydrogen (secondary N) is 1. The maximum atomic E-state index is 12.3. The SMILES string of the molecule is Cn1cnnc1[C@H]1CCCN(C(=O)NCCc2ccsc2)C1. The monoisotopic (exact) mass is 319 g/mol. The Bertz CT molecular complexity index is 609. The lowest BCUT2D eigenvalue weighted by Crippen LogP contribution is -2.45. The van der Waals surface area contributed by atoms with E-state index < -0.39 is 0 Å². The summed E-state index contributed by atoms with van der Waals surface area (Å²) in [6.07, 6.45) is 4.67. The summed E-state index contributed by atoms with van der Waals surface area (Å²) < 4.78 is 1.95. The van der Waals surface area contributed by atoms with Gasteiger partial charge < -0.3 is 14.8 Å². The molecule has 0 bridgehead atoms. The molecule has 3 heterocycles. The van der Waals surface area contributed by atoms with E-state index in [-0.39, 0.29) is 11.9 Å². The number of hydrogen-bond acceptors (Lipinski definition) is 4. The lowest BCUT2D eigenvalue weighted by molar-refractivity contribution is 0.178. The van der Waals surface area contributed by atoms with E-state index in [2.05, 4.69) is 32.3 Å². The van der Waals surface area contributed by atoms with E-state index in [9.17, 15) is 4.79 Å². The highest BCUT2D eigenvalue weighted by molar-refractivity contribution is 7.07. The van der Waals surface area contributed by atoms with Crippen molar-refractivity contribution < 1.29 is 4.79 Å². The van der Waals surface area contributed by atoms with E-state index in [0.29, 0.717) is 6.54 Å². The number of aromatic nitrogens is 3. The van der Waals surface area contributed by atoms with Crippen LogP contribution in [0.15, 0.2) is 23.2 Å². The van der Waals surface area contributed by atoms with Gasteiger partial charge in [-0.3, -0.25) is 0 Å². The van der Waals surface area contributed by atoms with Gasteiger partial charge in [0, 0.05) is 32.6 Å². The van der Waals surface area contributed by atoms with Crippen LogP contribution in [0.2, 0.25) is 0 Å². The maximum absolute atomic E-state index is 12.3. The largest absolute Gasteiger partial charge is 0.338 e. The Kier molecular flexibility index (Phi) is 4.72. The summed E-state index contributed by atoms with van der Waals surface area (Å²) in [7, 11) is 1.95. The van der Waals surface area contributed by atoms with Crippen molar-refractivity contribution in [2.24, 2.45) is 7.05 Å². The number of piperidine rings is 1. The lowest BCUT2D eigenvalue weighted by Gasteiger charge is -2.32. The molecule has 1 aliphatic heterocycles. The highest BCUT2D eigenvalue weighted by Crippen LogP contribution is 2.24. The molecular weight excluding hydrogens is 298 g/mol. The molecule has 3 rings (SSSR count). The second-order valence-electron chi connectivity index (χ2n) is 5.70. The molecule has 0 radical (unpaired) electrons. The van der Waals surface area contributed by atoms with E-state index >= 15 is 0 Å². The average molecular weight is 319 g/mol. The van der Waals surface area contributed by atoms with Crippen LogP contribution in [0.3, 0.4) is 0 Å². The Balaban J connectivity index is 1.51. The highest BCUT2D eigenvalue weighted by Gasteiger charge is 2.27. The third-order valence-electron chi connectivity index (χ3n) is 4.09. The lowest BCUT2D eigenvalue weighted by atomic mass is 9.97. The molecular formula is C15H21N5OS. The van der Waals surface area contributed by atoms with Gasteiger partial charge >= 0.3 is 6.03 Å². The summed E-state index contributed by atoms with van der Waals surface area (Å²) in [6.45, 7) is 2.22. The number of hydrogen-bond donors (Lipinski definition) is 1. The number of thiophene rings is 1. The Morgan fingerprint density at radius 3 is 3.18 bits per heavy atom. The fourth-order valence-electron chi connectivity index (χ4n) is 2.89. The van der Waals surface area contributed by atoms with Crippen LogP contribution in [-0.2, 0) is 13.5 Å². The second kappa shape index (κ2) is 6.91. The average Bonchev–Trinajstić information content (AvgIpc) is 3.19. The quantitative estimate of drug-likeness (QED) is 0.937. The van der Waals surface area contributed by atoms with E-state index in [1.165, 1.54) is 5.56 Å². The van der Waals surface area contributed by atoms with Gasteiger partial charge in [-0.2, -0.15) is 11.3 Å². The molecule has 0 spiro atoms. The van der Waals surface area contributed by atoms with Crippen LogP contribution in [0.5, 0.6) is 0 Å². The predicted octanol–water partition coefficient (Wildman–Crippen LogP) is 2.01. The van der Waals surface area contributed by atoms with Crippen LogP contribution in [0.4, 0.5) is 4.79 Å². The first-order valence-electron chi connectivity index (χ1n) is 7.62. The van der Waals surface area contributed by atoms with Crippen LogP contribution >= 0.6 is 11.3 Å². The minimum Gasteiger partial charge on any atom is -0.338 e. The topological polar surface area (TPSA) is 63.1 Å². The molecule has 1 saturated heterocycles. The van der Waals surface area contributed by atoms with E-state index in [1.54, 1.807) is 17.7 Å². The third-order valence-corrected chi connectivity index (χ3v) is 4.82. The Hall–Kier alpha value is -1.89. The molecule has 2 amide bonds. The molecule has 0 aromatic carbocycles. The number of urea groups is 1. The van der Waals surface area contributed by atoms with Gasteiger partial charge in [0.05, 0.1) is 0 Å². The van der Waals surface area contributed by atoms with Gasteiger partial charge in [-0.05, 0) is 41.7 Å². The van der Waals surface area contributed by atoms with Crippen LogP contribution in [0, 0.1) is 0 Å². The summed E-state index contributed by atoms with van der Waals surface area (Å²) in [5.41, 5.74) is 1.28. The van der Waals surface area contributed by atoms with Crippen molar-refractivity contribution in [1.29, 1.82) is 0 Å². The molecule has 1 atom stereocenters. The molecule has 2 aromatic rings. The van der Waals surface area contributed by atoms with Crippen molar-refractivity contribution in [1.82, 2.24) is 25.0 Å². The van der Waals surface area contributed by atoms with Crippen LogP contribution in [-0.4, -0.2) is 45.3 Å². The van der Waals surface area contributed by atoms with Crippen LogP contribution in [0.1, 0.15) is 30.1 Å². The number of carbonyl (C=O) groups excluding carboxylic acids is 1. The predicted molar refractivity (Wildman–Crippen MR) is 86.0 cm³/mol. The van der Waals surface area contributed by atoms with E-state index in [1.807, 2.05) is 16.5 Å². The van der Waals surface area contributed by atoms with Crippen LogP contribution in [0.25, 0.3) is 0 Å². The van der Waals surface area contributed by atoms with Gasteiger partial charge in [0.25, 0.3) is 0 Å². The van der Waals surface area contributed by atoms with Gasteiger partial charge in [0.2, 0.25) is 0 Å². The zero-order chi connectivity index (χ0) is 15.4. The van der Waals surface area contributed by atoms with Crippen molar-refractivity contribution in [2.45, 2.75) is 25.2 Å². The first-order chi connectivity index (χ1) is 10.7. The van der Waals surface area contributed by atoms with Crippen molar-refractivity contribution in [2.75, 3.05) is 19.6 Å². The maximum Gasteiger partial charge on any atom is 0.317 e. The van der Waals surface area contributed by atoms with Gasteiger partial charge in [-0.25, -0.2) is 4.79 Å². The number of carbonyl (C=O) groups is 1. The van der Waals surface area contributed by atoms with Crippen LogP contribution < -0.4 is 5.32 Å². The van der Waals surface area contributed by atoms with Gasteiger partial charge in [-0.1, -0.05) is 0 Å². The first kappa shape index (κ1) is 15.0. The number of nitrogens with zero attached hydrogens (tertiary/aromatic N) is 4. The number of likely N-dealkylation sites (tertiary alicyclic amines) is 1. The Morgan fingerprint density at radius 2 is 2.45 bits per heavy atom. The number of rotatable bonds is 4. The number of amides is 2. The fourth-order valence-corrected chi connectivity index (χ4v) is 3.60. The molecule has 1 aliphatic rings. The minimum absolute atomic E-state index is 0.0297. The van der Waals surface area contributed by atoms with E-state index in [4.69, 9.17) is 0 Å². The molecule has 0 saturated carbocycles. The van der Waals surface area contributed by atoms with Gasteiger partial charge in [0.1, 0.15) is 12.2 Å². The highest BCUT2D eigenvalue weighted by atomic mass is 32.1. The molecule has 118 valence electrons. The Morgan fingerprint density at radius 1 is 1.55 bits per heavy atom. The minimum atomic E-state index is 0.0297. The smallest absolute Gasteiger partial charge is 0.317 e. The van der Waals surface area contributed by atoms with Gasteiger partial charge in [-0.15, -0.1) is 10.2 Å². The fraction of sp³-hybridized carbons (Fsp3) is 0.533. The van der Waals surface area contributed by atoms with Crippen molar-refractivity contribution >= 4 is 17.4 Å². The Labute approximate surface area is 134 Å². The summed E-state index contributed by atoms with van der Waals surface area (Å²) in [5.74, 6) is 1.25. The normalized spacial score (nSPS) is 18.4. The summed E-state index contributed by atoms with van der Waals surface area (Å²) in [5, 5.41) is 15.3. The number of aryl methyl sites for hydroxylation is 1. The zero-order valence-electron chi connectivity index (χ0n) is 12.7.